The molecule has 0 spiro atoms. The van der Waals surface area contributed by atoms with Crippen LogP contribution in [0.3, 0.4) is 0 Å². The van der Waals surface area contributed by atoms with Gasteiger partial charge >= 0.3 is 0 Å². The van der Waals surface area contributed by atoms with Crippen LogP contribution in [0, 0.1) is 0 Å². The number of carbonyl (C=O) groups excluding carboxylic acids is 2. The molecule has 0 fully saturated rings. The number of thiol groups is 1. The SMILES string of the molecule is CC(C)c1ccc(S)cc1.CC(C)c1ccc(Sc2ccc3c(c2Cl)S(=O)(=O)c2ccccc2C3=O)cc1.O=C1c2ccccc2S(=O)(=O)c2c1ccc(Cl)c2Cl. The molecule has 0 saturated carbocycles. The molecule has 0 unspecified atom stereocenters. The van der Waals surface area contributed by atoms with E-state index >= 15 is 0 Å². The first-order valence-corrected chi connectivity index (χ1v) is 23.0. The van der Waals surface area contributed by atoms with E-state index in [-0.39, 0.29) is 68.5 Å². The van der Waals surface area contributed by atoms with Crippen LogP contribution in [0.25, 0.3) is 0 Å². The second-order valence-electron chi connectivity index (χ2n) is 13.7. The van der Waals surface area contributed by atoms with Crippen molar-refractivity contribution in [3.05, 3.63) is 170 Å². The van der Waals surface area contributed by atoms with Crippen molar-refractivity contribution >= 4 is 90.4 Å². The second kappa shape index (κ2) is 17.2. The molecule has 2 aliphatic heterocycles. The lowest BCUT2D eigenvalue weighted by Gasteiger charge is -2.21. The van der Waals surface area contributed by atoms with Gasteiger partial charge in [-0.15, -0.1) is 12.6 Å². The highest BCUT2D eigenvalue weighted by atomic mass is 35.5. The average molecular weight is 894 g/mol. The summed E-state index contributed by atoms with van der Waals surface area (Å²) in [6.07, 6.45) is 0. The summed E-state index contributed by atoms with van der Waals surface area (Å²) in [6, 6.07) is 34.8. The van der Waals surface area contributed by atoms with Gasteiger partial charge in [-0.3, -0.25) is 9.59 Å². The Hall–Kier alpha value is -3.87. The topological polar surface area (TPSA) is 102 Å². The Kier molecular flexibility index (Phi) is 12.9. The molecule has 0 radical (unpaired) electrons. The lowest BCUT2D eigenvalue weighted by molar-refractivity contribution is 0.102. The summed E-state index contributed by atoms with van der Waals surface area (Å²) in [5.41, 5.74) is 3.14. The Morgan fingerprint density at radius 1 is 0.509 bits per heavy atom. The molecule has 8 rings (SSSR count). The van der Waals surface area contributed by atoms with Crippen molar-refractivity contribution in [1.82, 2.24) is 0 Å². The minimum Gasteiger partial charge on any atom is -0.289 e. The molecule has 0 saturated heterocycles. The molecule has 292 valence electrons. The summed E-state index contributed by atoms with van der Waals surface area (Å²) in [7, 11) is -7.69. The van der Waals surface area contributed by atoms with Crippen molar-refractivity contribution in [2.75, 3.05) is 0 Å². The Labute approximate surface area is 357 Å². The van der Waals surface area contributed by atoms with Crippen molar-refractivity contribution in [2.24, 2.45) is 0 Å². The van der Waals surface area contributed by atoms with E-state index in [2.05, 4.69) is 64.6 Å². The molecule has 13 heteroatoms. The molecule has 57 heavy (non-hydrogen) atoms. The van der Waals surface area contributed by atoms with E-state index in [1.165, 1.54) is 59.3 Å². The zero-order chi connectivity index (χ0) is 41.4. The number of ketones is 2. The maximum atomic E-state index is 13.1. The van der Waals surface area contributed by atoms with Gasteiger partial charge in [0.05, 0.1) is 24.9 Å². The maximum absolute atomic E-state index is 13.1. The van der Waals surface area contributed by atoms with E-state index in [4.69, 9.17) is 34.8 Å². The Morgan fingerprint density at radius 3 is 1.40 bits per heavy atom. The van der Waals surface area contributed by atoms with Crippen LogP contribution in [-0.2, 0) is 19.7 Å². The van der Waals surface area contributed by atoms with Gasteiger partial charge in [0, 0.05) is 36.9 Å². The lowest BCUT2D eigenvalue weighted by atomic mass is 10.0. The van der Waals surface area contributed by atoms with Crippen LogP contribution < -0.4 is 0 Å². The fourth-order valence-corrected chi connectivity index (χ4v) is 12.0. The number of halogens is 3. The summed E-state index contributed by atoms with van der Waals surface area (Å²) >= 11 is 23.9. The summed E-state index contributed by atoms with van der Waals surface area (Å²) in [4.78, 5) is 27.4. The van der Waals surface area contributed by atoms with Crippen LogP contribution in [0.5, 0.6) is 0 Å². The number of fused-ring (bicyclic) bond motifs is 4. The molecule has 0 amide bonds. The predicted molar refractivity (Wildman–Crippen MR) is 231 cm³/mol. The van der Waals surface area contributed by atoms with Gasteiger partial charge < -0.3 is 0 Å². The molecule has 0 N–H and O–H groups in total. The van der Waals surface area contributed by atoms with Crippen LogP contribution in [0.2, 0.25) is 15.1 Å². The van der Waals surface area contributed by atoms with Crippen molar-refractivity contribution in [3.8, 4) is 0 Å². The first kappa shape index (κ1) is 42.7. The van der Waals surface area contributed by atoms with Gasteiger partial charge in [0.15, 0.2) is 11.6 Å². The molecule has 6 nitrogen and oxygen atoms in total. The molecule has 2 aliphatic rings. The zero-order valence-corrected chi connectivity index (χ0v) is 36.6. The van der Waals surface area contributed by atoms with Crippen molar-refractivity contribution in [2.45, 2.75) is 73.8 Å². The fraction of sp³-hybridized carbons (Fsp3) is 0.136. The van der Waals surface area contributed by atoms with E-state index in [0.29, 0.717) is 16.7 Å². The smallest absolute Gasteiger partial charge is 0.209 e. The Bertz CT molecular complexity index is 2770. The van der Waals surface area contributed by atoms with E-state index in [0.717, 1.165) is 9.79 Å². The van der Waals surface area contributed by atoms with Gasteiger partial charge in [0.1, 0.15) is 9.79 Å². The van der Waals surface area contributed by atoms with Crippen molar-refractivity contribution in [1.29, 1.82) is 0 Å². The monoisotopic (exact) mass is 892 g/mol. The molecule has 0 atom stereocenters. The van der Waals surface area contributed by atoms with Gasteiger partial charge in [-0.2, -0.15) is 0 Å². The van der Waals surface area contributed by atoms with Gasteiger partial charge in [-0.25, -0.2) is 16.8 Å². The van der Waals surface area contributed by atoms with E-state index in [1.807, 2.05) is 24.3 Å². The highest BCUT2D eigenvalue weighted by molar-refractivity contribution is 7.99. The molecule has 0 bridgehead atoms. The number of hydrogen-bond acceptors (Lipinski definition) is 8. The zero-order valence-electron chi connectivity index (χ0n) is 31.0. The van der Waals surface area contributed by atoms with Crippen LogP contribution in [0.4, 0.5) is 0 Å². The minimum atomic E-state index is -3.86. The number of carbonyl (C=O) groups is 2. The second-order valence-corrected chi connectivity index (χ2v) is 20.2. The van der Waals surface area contributed by atoms with Gasteiger partial charge in [0.2, 0.25) is 19.7 Å². The average Bonchev–Trinajstić information content (AvgIpc) is 3.19. The molecule has 0 aliphatic carbocycles. The summed E-state index contributed by atoms with van der Waals surface area (Å²) in [6.45, 7) is 8.63. The Balaban J connectivity index is 0.000000162. The van der Waals surface area contributed by atoms with Gasteiger partial charge in [-0.05, 0) is 95.8 Å². The number of sulfone groups is 2. The predicted octanol–water partition coefficient (Wildman–Crippen LogP) is 12.5. The fourth-order valence-electron chi connectivity index (χ4n) is 6.23. The number of hydrogen-bond donors (Lipinski definition) is 1. The molecule has 2 heterocycles. The largest absolute Gasteiger partial charge is 0.289 e. The van der Waals surface area contributed by atoms with Crippen molar-refractivity contribution < 1.29 is 26.4 Å². The van der Waals surface area contributed by atoms with Gasteiger partial charge in [-0.1, -0.05) is 123 Å². The number of benzene rings is 6. The van der Waals surface area contributed by atoms with Crippen molar-refractivity contribution in [3.63, 3.8) is 0 Å². The maximum Gasteiger partial charge on any atom is 0.209 e. The van der Waals surface area contributed by atoms with Crippen LogP contribution in [0.15, 0.2) is 156 Å². The molecule has 6 aromatic carbocycles. The first-order valence-electron chi connectivity index (χ1n) is 17.6. The minimum absolute atomic E-state index is 0.0119. The van der Waals surface area contributed by atoms with E-state index < -0.39 is 19.7 Å². The summed E-state index contributed by atoms with van der Waals surface area (Å²) in [5.74, 6) is 0.371. The van der Waals surface area contributed by atoms with Gasteiger partial charge in [0.25, 0.3) is 0 Å². The number of rotatable bonds is 4. The lowest BCUT2D eigenvalue weighted by Crippen LogP contribution is -2.20. The third kappa shape index (κ3) is 8.50. The third-order valence-electron chi connectivity index (χ3n) is 9.32. The van der Waals surface area contributed by atoms with Crippen LogP contribution in [0.1, 0.15) is 82.5 Å². The normalized spacial score (nSPS) is 14.3. The molecular formula is C44H35Cl3O6S4. The third-order valence-corrected chi connectivity index (χ3v) is 16.0. The first-order chi connectivity index (χ1) is 26.9. The standard InChI is InChI=1S/C22H17ClO3S2.C13H6Cl2O3S.C9H12S/c1-13(2)14-7-9-15(10-8-14)27-18-12-11-17-21(24)16-5-3-4-6-19(16)28(25,26)22(17)20(18)23;14-9-6-5-8-12(16)7-3-1-2-4-10(7)19(17,18)13(8)11(9)15;1-7(2)8-3-5-9(10)6-4-8/h3-13H,1-2H3;1-6H;3-7,10H,1-2H3. The summed E-state index contributed by atoms with van der Waals surface area (Å²) < 4.78 is 51.3. The molecule has 6 aromatic rings. The van der Waals surface area contributed by atoms with E-state index in [1.54, 1.807) is 36.4 Å². The molecule has 0 aromatic heterocycles. The van der Waals surface area contributed by atoms with Crippen LogP contribution in [-0.4, -0.2) is 28.4 Å². The Morgan fingerprint density at radius 2 is 0.930 bits per heavy atom. The molecular weight excluding hydrogens is 859 g/mol. The summed E-state index contributed by atoms with van der Waals surface area (Å²) in [5, 5.41) is 0.0940. The van der Waals surface area contributed by atoms with E-state index in [9.17, 15) is 26.4 Å². The highest BCUT2D eigenvalue weighted by Crippen LogP contribution is 2.44. The quantitative estimate of drug-likeness (QED) is 0.176. The van der Waals surface area contributed by atoms with Crippen LogP contribution >= 0.6 is 59.2 Å². The highest BCUT2D eigenvalue weighted by Gasteiger charge is 2.38.